The Kier molecular flexibility index (Phi) is 4.03. The Bertz CT molecular complexity index is 297. The largest absolute Gasteiger partial charge is 0.465 e. The summed E-state index contributed by atoms with van der Waals surface area (Å²) in [5.74, 6) is 4.48. The molecule has 0 amide bonds. The number of ether oxygens (including phenoxy) is 1. The molecular formula is C9H12N2O3. The lowest BCUT2D eigenvalue weighted by atomic mass is 10.2. The van der Waals surface area contributed by atoms with E-state index in [4.69, 9.17) is 5.90 Å². The second kappa shape index (κ2) is 5.31. The van der Waals surface area contributed by atoms with E-state index in [1.54, 1.807) is 12.1 Å². The van der Waals surface area contributed by atoms with Crippen LogP contribution in [0.3, 0.4) is 0 Å². The molecule has 0 atom stereocenters. The molecule has 1 rings (SSSR count). The highest BCUT2D eigenvalue weighted by Gasteiger charge is 2.04. The van der Waals surface area contributed by atoms with Gasteiger partial charge >= 0.3 is 5.97 Å². The van der Waals surface area contributed by atoms with Gasteiger partial charge in [-0.05, 0) is 12.1 Å². The fraction of sp³-hybridized carbons (Fsp3) is 0.333. The molecule has 2 N–H and O–H groups in total. The second-order valence-corrected chi connectivity index (χ2v) is 2.65. The van der Waals surface area contributed by atoms with Crippen molar-refractivity contribution < 1.29 is 14.4 Å². The van der Waals surface area contributed by atoms with Crippen molar-refractivity contribution in [3.05, 3.63) is 29.6 Å². The molecule has 14 heavy (non-hydrogen) atoms. The summed E-state index contributed by atoms with van der Waals surface area (Å²) in [6.07, 6.45) is 2.09. The number of carbonyl (C=O) groups excluding carboxylic acids is 1. The van der Waals surface area contributed by atoms with Gasteiger partial charge in [0.2, 0.25) is 0 Å². The Morgan fingerprint density at radius 3 is 2.86 bits per heavy atom. The first-order valence-electron chi connectivity index (χ1n) is 4.13. The zero-order valence-electron chi connectivity index (χ0n) is 7.90. The van der Waals surface area contributed by atoms with E-state index in [0.717, 1.165) is 5.69 Å². The third-order valence-corrected chi connectivity index (χ3v) is 1.72. The van der Waals surface area contributed by atoms with Gasteiger partial charge in [0.1, 0.15) is 0 Å². The van der Waals surface area contributed by atoms with E-state index >= 15 is 0 Å². The summed E-state index contributed by atoms with van der Waals surface area (Å²) in [7, 11) is 1.33. The van der Waals surface area contributed by atoms with Gasteiger partial charge in [0.05, 0.1) is 19.3 Å². The summed E-state index contributed by atoms with van der Waals surface area (Å²) < 4.78 is 4.53. The Morgan fingerprint density at radius 1 is 1.57 bits per heavy atom. The van der Waals surface area contributed by atoms with Crippen LogP contribution < -0.4 is 5.90 Å². The molecule has 0 aromatic carbocycles. The molecule has 0 aliphatic heterocycles. The maximum absolute atomic E-state index is 11.0. The van der Waals surface area contributed by atoms with Crippen LogP contribution in [0.2, 0.25) is 0 Å². The molecule has 5 heteroatoms. The molecule has 5 nitrogen and oxygen atoms in total. The van der Waals surface area contributed by atoms with Crippen LogP contribution in [-0.4, -0.2) is 24.7 Å². The Morgan fingerprint density at radius 2 is 2.36 bits per heavy atom. The number of pyridine rings is 1. The first-order valence-corrected chi connectivity index (χ1v) is 4.13. The molecule has 0 unspecified atom stereocenters. The quantitative estimate of drug-likeness (QED) is 0.553. The second-order valence-electron chi connectivity index (χ2n) is 2.65. The van der Waals surface area contributed by atoms with Crippen molar-refractivity contribution in [1.29, 1.82) is 0 Å². The highest BCUT2D eigenvalue weighted by molar-refractivity contribution is 5.88. The lowest BCUT2D eigenvalue weighted by molar-refractivity contribution is 0.0600. The number of rotatable bonds is 4. The molecule has 76 valence electrons. The molecule has 0 bridgehead atoms. The van der Waals surface area contributed by atoms with E-state index in [1.165, 1.54) is 13.3 Å². The number of methoxy groups -OCH3 is 1. The SMILES string of the molecule is COC(=O)c1ccc(CCON)nc1. The fourth-order valence-electron chi connectivity index (χ4n) is 0.974. The monoisotopic (exact) mass is 196 g/mol. The highest BCUT2D eigenvalue weighted by Crippen LogP contribution is 2.02. The smallest absolute Gasteiger partial charge is 0.339 e. The standard InChI is InChI=1S/C9H12N2O3/c1-13-9(12)7-2-3-8(11-6-7)4-5-14-10/h2-3,6H,4-5,10H2,1H3. The molecule has 0 saturated heterocycles. The lowest BCUT2D eigenvalue weighted by Crippen LogP contribution is -2.06. The summed E-state index contributed by atoms with van der Waals surface area (Å²) in [6.45, 7) is 0.407. The molecule has 1 heterocycles. The molecule has 1 aromatic heterocycles. The van der Waals surface area contributed by atoms with Crippen molar-refractivity contribution >= 4 is 5.97 Å². The van der Waals surface area contributed by atoms with E-state index in [1.807, 2.05) is 0 Å². The zero-order chi connectivity index (χ0) is 10.4. The number of hydrogen-bond acceptors (Lipinski definition) is 5. The first kappa shape index (κ1) is 10.6. The van der Waals surface area contributed by atoms with Crippen molar-refractivity contribution in [2.75, 3.05) is 13.7 Å². The van der Waals surface area contributed by atoms with Crippen LogP contribution in [0.4, 0.5) is 0 Å². The Labute approximate surface area is 81.8 Å². The van der Waals surface area contributed by atoms with Gasteiger partial charge in [0, 0.05) is 18.3 Å². The lowest BCUT2D eigenvalue weighted by Gasteiger charge is -2.01. The zero-order valence-corrected chi connectivity index (χ0v) is 7.90. The maximum atomic E-state index is 11.0. The molecule has 0 aliphatic carbocycles. The van der Waals surface area contributed by atoms with Crippen LogP contribution in [-0.2, 0) is 16.0 Å². The van der Waals surface area contributed by atoms with Crippen molar-refractivity contribution in [3.8, 4) is 0 Å². The summed E-state index contributed by atoms with van der Waals surface area (Å²) in [6, 6.07) is 3.40. The Balaban J connectivity index is 2.63. The van der Waals surface area contributed by atoms with E-state index in [-0.39, 0.29) is 5.97 Å². The van der Waals surface area contributed by atoms with Gasteiger partial charge in [-0.2, -0.15) is 0 Å². The van der Waals surface area contributed by atoms with E-state index in [0.29, 0.717) is 18.6 Å². The van der Waals surface area contributed by atoms with Gasteiger partial charge < -0.3 is 9.57 Å². The predicted molar refractivity (Wildman–Crippen MR) is 49.4 cm³/mol. The number of hydrogen-bond donors (Lipinski definition) is 1. The molecule has 0 saturated carbocycles. The third-order valence-electron chi connectivity index (χ3n) is 1.72. The minimum atomic E-state index is -0.390. The number of nitrogens with two attached hydrogens (primary N) is 1. The summed E-state index contributed by atoms with van der Waals surface area (Å²) in [4.78, 5) is 19.5. The molecule has 0 spiro atoms. The van der Waals surface area contributed by atoms with Gasteiger partial charge in [0.25, 0.3) is 0 Å². The van der Waals surface area contributed by atoms with Gasteiger partial charge in [-0.1, -0.05) is 0 Å². The van der Waals surface area contributed by atoms with E-state index in [9.17, 15) is 4.79 Å². The predicted octanol–water partition coefficient (Wildman–Crippen LogP) is 0.301. The number of aromatic nitrogens is 1. The summed E-state index contributed by atoms with van der Waals surface area (Å²) in [5, 5.41) is 0. The maximum Gasteiger partial charge on any atom is 0.339 e. The average Bonchev–Trinajstić information content (AvgIpc) is 2.26. The average molecular weight is 196 g/mol. The van der Waals surface area contributed by atoms with Crippen molar-refractivity contribution in [1.82, 2.24) is 4.98 Å². The highest BCUT2D eigenvalue weighted by atomic mass is 16.6. The topological polar surface area (TPSA) is 74.4 Å². The van der Waals surface area contributed by atoms with Gasteiger partial charge in [-0.15, -0.1) is 0 Å². The van der Waals surface area contributed by atoms with Crippen LogP contribution in [0, 0.1) is 0 Å². The molecular weight excluding hydrogens is 184 g/mol. The van der Waals surface area contributed by atoms with Crippen molar-refractivity contribution in [2.24, 2.45) is 5.90 Å². The number of nitrogens with zero attached hydrogens (tertiary/aromatic N) is 1. The van der Waals surface area contributed by atoms with Crippen molar-refractivity contribution in [2.45, 2.75) is 6.42 Å². The van der Waals surface area contributed by atoms with Crippen LogP contribution in [0.15, 0.2) is 18.3 Å². The molecule has 0 fully saturated rings. The molecule has 0 aliphatic rings. The fourth-order valence-corrected chi connectivity index (χ4v) is 0.974. The molecule has 1 aromatic rings. The summed E-state index contributed by atoms with van der Waals surface area (Å²) in [5.41, 5.74) is 1.26. The van der Waals surface area contributed by atoms with Crippen LogP contribution in [0.25, 0.3) is 0 Å². The van der Waals surface area contributed by atoms with E-state index < -0.39 is 0 Å². The Hall–Kier alpha value is -1.46. The van der Waals surface area contributed by atoms with Crippen molar-refractivity contribution in [3.63, 3.8) is 0 Å². The van der Waals surface area contributed by atoms with Crippen LogP contribution in [0.1, 0.15) is 16.1 Å². The normalized spacial score (nSPS) is 9.86. The number of carbonyl (C=O) groups is 1. The third kappa shape index (κ3) is 2.79. The number of esters is 1. The minimum absolute atomic E-state index is 0.390. The first-order chi connectivity index (χ1) is 6.77. The summed E-state index contributed by atoms with van der Waals surface area (Å²) >= 11 is 0. The van der Waals surface area contributed by atoms with Gasteiger partial charge in [-0.25, -0.2) is 10.7 Å². The van der Waals surface area contributed by atoms with E-state index in [2.05, 4.69) is 14.6 Å². The minimum Gasteiger partial charge on any atom is -0.465 e. The van der Waals surface area contributed by atoms with Crippen LogP contribution >= 0.6 is 0 Å². The van der Waals surface area contributed by atoms with Gasteiger partial charge in [-0.3, -0.25) is 4.98 Å². The molecule has 0 radical (unpaired) electrons. The van der Waals surface area contributed by atoms with Gasteiger partial charge in [0.15, 0.2) is 0 Å². The van der Waals surface area contributed by atoms with Crippen LogP contribution in [0.5, 0.6) is 0 Å².